The lowest BCUT2D eigenvalue weighted by Gasteiger charge is -2.12. The number of hydrogen-bond donors (Lipinski definition) is 1. The molecule has 2 N–H and O–H groups in total. The molecular formula is C14H9BrClFN4. The monoisotopic (exact) mass is 366 g/mol. The fraction of sp³-hybridized carbons (Fsp3) is 0. The number of nitrogens with zero attached hydrogens (tertiary/aromatic N) is 3. The first kappa shape index (κ1) is 14.0. The lowest BCUT2D eigenvalue weighted by molar-refractivity contribution is 0.626. The van der Waals surface area contributed by atoms with Crippen LogP contribution in [0.15, 0.2) is 47.5 Å². The summed E-state index contributed by atoms with van der Waals surface area (Å²) in [6.45, 7) is 0. The predicted molar refractivity (Wildman–Crippen MR) is 83.9 cm³/mol. The smallest absolute Gasteiger partial charge is 0.125 e. The molecule has 0 radical (unpaired) electrons. The van der Waals surface area contributed by atoms with Gasteiger partial charge in [-0.3, -0.25) is 4.57 Å². The van der Waals surface area contributed by atoms with Gasteiger partial charge in [-0.25, -0.2) is 14.4 Å². The summed E-state index contributed by atoms with van der Waals surface area (Å²) in [5, 5.41) is 0.282. The first-order valence-corrected chi connectivity index (χ1v) is 7.12. The van der Waals surface area contributed by atoms with E-state index in [1.54, 1.807) is 29.4 Å². The van der Waals surface area contributed by atoms with Crippen molar-refractivity contribution in [3.05, 3.63) is 58.3 Å². The molecule has 0 fully saturated rings. The summed E-state index contributed by atoms with van der Waals surface area (Å²) in [5.41, 5.74) is 7.81. The van der Waals surface area contributed by atoms with E-state index in [4.69, 9.17) is 17.3 Å². The van der Waals surface area contributed by atoms with Crippen LogP contribution in [-0.4, -0.2) is 14.5 Å². The number of halogens is 3. The quantitative estimate of drug-likeness (QED) is 0.743. The van der Waals surface area contributed by atoms with Gasteiger partial charge in [-0.05, 0) is 40.2 Å². The number of rotatable bonds is 2. The average molecular weight is 368 g/mol. The SMILES string of the molecule is Nc1ccc(-c2cncn2-c2c(Cl)cc(F)cc2Br)cn1. The van der Waals surface area contributed by atoms with Gasteiger partial charge >= 0.3 is 0 Å². The van der Waals surface area contributed by atoms with Crippen LogP contribution in [0.3, 0.4) is 0 Å². The third-order valence-corrected chi connectivity index (χ3v) is 3.84. The molecule has 0 aliphatic carbocycles. The Morgan fingerprint density at radius 3 is 2.71 bits per heavy atom. The van der Waals surface area contributed by atoms with Crippen LogP contribution in [0.4, 0.5) is 10.2 Å². The maximum atomic E-state index is 13.4. The van der Waals surface area contributed by atoms with Crippen LogP contribution in [0.5, 0.6) is 0 Å². The van der Waals surface area contributed by atoms with Gasteiger partial charge in [0.05, 0.1) is 28.9 Å². The Hall–Kier alpha value is -1.92. The van der Waals surface area contributed by atoms with Crippen molar-refractivity contribution in [2.24, 2.45) is 0 Å². The molecule has 3 rings (SSSR count). The number of imidazole rings is 1. The van der Waals surface area contributed by atoms with Gasteiger partial charge in [0.2, 0.25) is 0 Å². The number of nitrogen functional groups attached to an aromatic ring is 1. The first-order chi connectivity index (χ1) is 10.1. The van der Waals surface area contributed by atoms with Gasteiger partial charge in [-0.2, -0.15) is 0 Å². The minimum atomic E-state index is -0.411. The minimum Gasteiger partial charge on any atom is -0.384 e. The largest absolute Gasteiger partial charge is 0.384 e. The van der Waals surface area contributed by atoms with E-state index in [0.717, 1.165) is 11.3 Å². The van der Waals surface area contributed by atoms with Crippen molar-refractivity contribution in [2.45, 2.75) is 0 Å². The third-order valence-electron chi connectivity index (χ3n) is 2.94. The maximum Gasteiger partial charge on any atom is 0.125 e. The van der Waals surface area contributed by atoms with Gasteiger partial charge < -0.3 is 5.73 Å². The van der Waals surface area contributed by atoms with Crippen LogP contribution >= 0.6 is 27.5 Å². The number of aromatic nitrogens is 3. The molecule has 4 nitrogen and oxygen atoms in total. The van der Waals surface area contributed by atoms with E-state index in [1.807, 2.05) is 6.07 Å². The molecule has 0 unspecified atom stereocenters. The number of nitrogens with two attached hydrogens (primary N) is 1. The minimum absolute atomic E-state index is 0.282. The number of hydrogen-bond acceptors (Lipinski definition) is 3. The van der Waals surface area contributed by atoms with Gasteiger partial charge in [0.25, 0.3) is 0 Å². The first-order valence-electron chi connectivity index (χ1n) is 5.95. The van der Waals surface area contributed by atoms with Crippen molar-refractivity contribution in [2.75, 3.05) is 5.73 Å². The molecule has 0 bridgehead atoms. The highest BCUT2D eigenvalue weighted by Gasteiger charge is 2.14. The molecule has 0 aliphatic heterocycles. The zero-order chi connectivity index (χ0) is 15.0. The topological polar surface area (TPSA) is 56.7 Å². The fourth-order valence-corrected chi connectivity index (χ4v) is 3.04. The van der Waals surface area contributed by atoms with Gasteiger partial charge in [-0.1, -0.05) is 11.6 Å². The summed E-state index contributed by atoms with van der Waals surface area (Å²) in [6.07, 6.45) is 4.93. The molecule has 0 amide bonds. The van der Waals surface area contributed by atoms with Crippen LogP contribution in [-0.2, 0) is 0 Å². The highest BCUT2D eigenvalue weighted by atomic mass is 79.9. The summed E-state index contributed by atoms with van der Waals surface area (Å²) in [7, 11) is 0. The molecule has 0 aliphatic rings. The predicted octanol–water partition coefficient (Wildman–Crippen LogP) is 4.07. The van der Waals surface area contributed by atoms with Crippen LogP contribution in [0, 0.1) is 5.82 Å². The normalized spacial score (nSPS) is 10.8. The lowest BCUT2D eigenvalue weighted by Crippen LogP contribution is -1.99. The van der Waals surface area contributed by atoms with E-state index in [-0.39, 0.29) is 5.02 Å². The van der Waals surface area contributed by atoms with E-state index in [0.29, 0.717) is 16.0 Å². The van der Waals surface area contributed by atoms with E-state index >= 15 is 0 Å². The summed E-state index contributed by atoms with van der Waals surface area (Å²) in [6, 6.07) is 6.15. The van der Waals surface area contributed by atoms with Crippen LogP contribution in [0.1, 0.15) is 0 Å². The molecule has 21 heavy (non-hydrogen) atoms. The highest BCUT2D eigenvalue weighted by molar-refractivity contribution is 9.10. The van der Waals surface area contributed by atoms with Gasteiger partial charge in [0, 0.05) is 16.2 Å². The Morgan fingerprint density at radius 1 is 1.24 bits per heavy atom. The van der Waals surface area contributed by atoms with Crippen molar-refractivity contribution in [3.8, 4) is 16.9 Å². The van der Waals surface area contributed by atoms with Gasteiger partial charge in [-0.15, -0.1) is 0 Å². The van der Waals surface area contributed by atoms with Crippen molar-refractivity contribution in [1.29, 1.82) is 0 Å². The van der Waals surface area contributed by atoms with Crippen LogP contribution < -0.4 is 5.73 Å². The molecular weight excluding hydrogens is 359 g/mol. The Kier molecular flexibility index (Phi) is 3.65. The lowest BCUT2D eigenvalue weighted by atomic mass is 10.2. The van der Waals surface area contributed by atoms with E-state index in [1.165, 1.54) is 12.1 Å². The van der Waals surface area contributed by atoms with Crippen molar-refractivity contribution in [1.82, 2.24) is 14.5 Å². The second-order valence-corrected chi connectivity index (χ2v) is 5.60. The molecule has 0 saturated carbocycles. The fourth-order valence-electron chi connectivity index (χ4n) is 2.01. The van der Waals surface area contributed by atoms with Gasteiger partial charge in [0.1, 0.15) is 11.6 Å². The maximum absolute atomic E-state index is 13.4. The highest BCUT2D eigenvalue weighted by Crippen LogP contribution is 2.33. The molecule has 106 valence electrons. The second-order valence-electron chi connectivity index (χ2n) is 4.34. The summed E-state index contributed by atoms with van der Waals surface area (Å²) in [5.74, 6) is 0.0252. The molecule has 2 aromatic heterocycles. The van der Waals surface area contributed by atoms with Crippen molar-refractivity contribution in [3.63, 3.8) is 0 Å². The zero-order valence-electron chi connectivity index (χ0n) is 10.6. The van der Waals surface area contributed by atoms with E-state index < -0.39 is 5.82 Å². The van der Waals surface area contributed by atoms with E-state index in [2.05, 4.69) is 25.9 Å². The van der Waals surface area contributed by atoms with Crippen molar-refractivity contribution < 1.29 is 4.39 Å². The summed E-state index contributed by atoms with van der Waals surface area (Å²) < 4.78 is 15.7. The summed E-state index contributed by atoms with van der Waals surface area (Å²) >= 11 is 9.49. The Labute approximate surface area is 133 Å². The molecule has 0 atom stereocenters. The van der Waals surface area contributed by atoms with Gasteiger partial charge in [0.15, 0.2) is 0 Å². The second kappa shape index (κ2) is 5.46. The summed E-state index contributed by atoms with van der Waals surface area (Å²) in [4.78, 5) is 8.19. The standard InChI is InChI=1S/C14H9BrClFN4/c15-10-3-9(17)4-11(16)14(10)21-7-19-6-12(21)8-1-2-13(18)20-5-8/h1-7H,(H2,18,20). The Morgan fingerprint density at radius 2 is 2.05 bits per heavy atom. The molecule has 1 aromatic carbocycles. The molecule has 7 heteroatoms. The number of benzene rings is 1. The Balaban J connectivity index is 2.18. The molecule has 0 spiro atoms. The number of pyridine rings is 1. The molecule has 0 saturated heterocycles. The van der Waals surface area contributed by atoms with E-state index in [9.17, 15) is 4.39 Å². The van der Waals surface area contributed by atoms with Crippen LogP contribution in [0.2, 0.25) is 5.02 Å². The molecule has 3 aromatic rings. The molecule has 2 heterocycles. The van der Waals surface area contributed by atoms with Crippen molar-refractivity contribution >= 4 is 33.3 Å². The zero-order valence-corrected chi connectivity index (χ0v) is 12.9. The van der Waals surface area contributed by atoms with Crippen LogP contribution in [0.25, 0.3) is 16.9 Å². The Bertz CT molecular complexity index is 778. The average Bonchev–Trinajstić information content (AvgIpc) is 2.87. The third kappa shape index (κ3) is 2.64. The number of anilines is 1.